The predicted molar refractivity (Wildman–Crippen MR) is 24.3 cm³/mol. The molecule has 1 atom stereocenters. The van der Waals surface area contributed by atoms with Gasteiger partial charge in [0.05, 0.1) is 6.07 Å². The first-order chi connectivity index (χ1) is 3.34. The zero-order chi connectivity index (χ0) is 5.28. The molecule has 0 aromatic heterocycles. The van der Waals surface area contributed by atoms with Gasteiger partial charge in [0.25, 0.3) is 0 Å². The van der Waals surface area contributed by atoms with Gasteiger partial charge in [-0.25, -0.2) is 0 Å². The molecule has 38 valence electrons. The highest BCUT2D eigenvalue weighted by Crippen LogP contribution is 2.31. The maximum Gasteiger partial charge on any atom is 0.143 e. The second kappa shape index (κ2) is 1.51. The summed E-state index contributed by atoms with van der Waals surface area (Å²) in [6.45, 7) is 0. The Labute approximate surface area is 42.4 Å². The molecule has 0 unspecified atom stereocenters. The van der Waals surface area contributed by atoms with Crippen LogP contribution in [-0.2, 0) is 0 Å². The van der Waals surface area contributed by atoms with E-state index in [-0.39, 0.29) is 0 Å². The topological polar surface area (TPSA) is 44.0 Å². The number of aliphatic hydroxyl groups excluding tert-OH is 1. The summed E-state index contributed by atoms with van der Waals surface area (Å²) in [5.74, 6) is 0.310. The third kappa shape index (κ3) is 0.908. The van der Waals surface area contributed by atoms with Crippen molar-refractivity contribution in [3.63, 3.8) is 0 Å². The second-order valence-corrected chi connectivity index (χ2v) is 1.91. The summed E-state index contributed by atoms with van der Waals surface area (Å²) in [6.07, 6.45) is 1.39. The number of nitriles is 1. The molecule has 0 spiro atoms. The molecule has 1 N–H and O–H groups in total. The first-order valence-electron chi connectivity index (χ1n) is 2.42. The lowest BCUT2D eigenvalue weighted by atomic mass is 10.3. The van der Waals surface area contributed by atoms with Gasteiger partial charge >= 0.3 is 0 Å². The summed E-state index contributed by atoms with van der Waals surface area (Å²) in [7, 11) is 0. The molecular weight excluding hydrogens is 90.1 g/mol. The van der Waals surface area contributed by atoms with Crippen LogP contribution < -0.4 is 0 Å². The summed E-state index contributed by atoms with van der Waals surface area (Å²) in [6, 6.07) is 1.78. The van der Waals surface area contributed by atoms with Crippen LogP contribution in [0.3, 0.4) is 0 Å². The van der Waals surface area contributed by atoms with E-state index in [1.165, 1.54) is 0 Å². The molecule has 0 aromatic rings. The molecule has 1 saturated carbocycles. The summed E-state index contributed by atoms with van der Waals surface area (Å²) >= 11 is 0. The van der Waals surface area contributed by atoms with E-state index in [4.69, 9.17) is 10.4 Å². The third-order valence-electron chi connectivity index (χ3n) is 1.20. The first-order valence-corrected chi connectivity index (χ1v) is 2.42. The van der Waals surface area contributed by atoms with Gasteiger partial charge in [0, 0.05) is 0 Å². The minimum atomic E-state index is -0.681. The Balaban J connectivity index is 2.27. The molecule has 0 radical (unpaired) electrons. The number of hydrogen-bond donors (Lipinski definition) is 1. The highest BCUT2D eigenvalue weighted by atomic mass is 16.3. The molecule has 1 rings (SSSR count). The Morgan fingerprint density at radius 1 is 1.71 bits per heavy atom. The Bertz CT molecular complexity index is 101. The molecule has 0 bridgehead atoms. The number of hydrogen-bond acceptors (Lipinski definition) is 2. The minimum absolute atomic E-state index is 0.310. The summed E-state index contributed by atoms with van der Waals surface area (Å²) in [4.78, 5) is 0. The third-order valence-corrected chi connectivity index (χ3v) is 1.20. The van der Waals surface area contributed by atoms with Gasteiger partial charge in [-0.2, -0.15) is 5.26 Å². The SMILES string of the molecule is N#C[C@@H](O)C1CC1. The van der Waals surface area contributed by atoms with Crippen LogP contribution in [0.1, 0.15) is 12.8 Å². The van der Waals surface area contributed by atoms with Crippen LogP contribution in [-0.4, -0.2) is 11.2 Å². The normalized spacial score (nSPS) is 23.4. The zero-order valence-corrected chi connectivity index (χ0v) is 3.96. The van der Waals surface area contributed by atoms with Crippen LogP contribution in [0.4, 0.5) is 0 Å². The van der Waals surface area contributed by atoms with Crippen LogP contribution in [0, 0.1) is 17.2 Å². The highest BCUT2D eigenvalue weighted by molar-refractivity contribution is 4.94. The Hall–Kier alpha value is -0.550. The molecular formula is C5H7NO. The molecule has 0 amide bonds. The number of nitrogens with zero attached hydrogens (tertiary/aromatic N) is 1. The first kappa shape index (κ1) is 4.61. The van der Waals surface area contributed by atoms with Crippen molar-refractivity contribution in [2.75, 3.05) is 0 Å². The van der Waals surface area contributed by atoms with Crippen LogP contribution in [0.5, 0.6) is 0 Å². The van der Waals surface area contributed by atoms with Crippen molar-refractivity contribution in [2.45, 2.75) is 18.9 Å². The Morgan fingerprint density at radius 3 is 2.43 bits per heavy atom. The van der Waals surface area contributed by atoms with E-state index in [9.17, 15) is 0 Å². The summed E-state index contributed by atoms with van der Waals surface area (Å²) in [5, 5.41) is 16.7. The fraction of sp³-hybridized carbons (Fsp3) is 0.800. The quantitative estimate of drug-likeness (QED) is 0.477. The van der Waals surface area contributed by atoms with Crippen LogP contribution in [0.25, 0.3) is 0 Å². The molecule has 2 heteroatoms. The van der Waals surface area contributed by atoms with Crippen molar-refractivity contribution in [3.8, 4) is 6.07 Å². The predicted octanol–water partition coefficient (Wildman–Crippen LogP) is 0.281. The lowest BCUT2D eigenvalue weighted by Crippen LogP contribution is -2.03. The van der Waals surface area contributed by atoms with E-state index in [1.807, 2.05) is 0 Å². The van der Waals surface area contributed by atoms with Crippen LogP contribution >= 0.6 is 0 Å². The lowest BCUT2D eigenvalue weighted by molar-refractivity contribution is 0.207. The van der Waals surface area contributed by atoms with Gasteiger partial charge in [-0.3, -0.25) is 0 Å². The van der Waals surface area contributed by atoms with Gasteiger partial charge in [0.15, 0.2) is 0 Å². The Kier molecular flexibility index (Phi) is 0.994. The van der Waals surface area contributed by atoms with Crippen LogP contribution in [0.2, 0.25) is 0 Å². The fourth-order valence-electron chi connectivity index (χ4n) is 0.517. The molecule has 0 saturated heterocycles. The van der Waals surface area contributed by atoms with Crippen molar-refractivity contribution in [3.05, 3.63) is 0 Å². The van der Waals surface area contributed by atoms with E-state index in [2.05, 4.69) is 0 Å². The molecule has 2 nitrogen and oxygen atoms in total. The van der Waals surface area contributed by atoms with E-state index >= 15 is 0 Å². The lowest BCUT2D eigenvalue weighted by Gasteiger charge is -1.90. The maximum absolute atomic E-state index is 8.64. The molecule has 1 fully saturated rings. The molecule has 7 heavy (non-hydrogen) atoms. The monoisotopic (exact) mass is 97.1 g/mol. The fourth-order valence-corrected chi connectivity index (χ4v) is 0.517. The van der Waals surface area contributed by atoms with Crippen molar-refractivity contribution in [2.24, 2.45) is 5.92 Å². The number of rotatable bonds is 1. The second-order valence-electron chi connectivity index (χ2n) is 1.91. The largest absolute Gasteiger partial charge is 0.378 e. The van der Waals surface area contributed by atoms with Crippen LogP contribution in [0.15, 0.2) is 0 Å². The smallest absolute Gasteiger partial charge is 0.143 e. The highest BCUT2D eigenvalue weighted by Gasteiger charge is 2.29. The van der Waals surface area contributed by atoms with Gasteiger partial charge in [-0.05, 0) is 18.8 Å². The van der Waals surface area contributed by atoms with E-state index < -0.39 is 6.10 Å². The van der Waals surface area contributed by atoms with Gasteiger partial charge in [0.2, 0.25) is 0 Å². The molecule has 0 aromatic carbocycles. The van der Waals surface area contributed by atoms with Crippen molar-refractivity contribution in [1.82, 2.24) is 0 Å². The molecule has 1 aliphatic carbocycles. The van der Waals surface area contributed by atoms with Gasteiger partial charge in [-0.15, -0.1) is 0 Å². The molecule has 0 heterocycles. The zero-order valence-electron chi connectivity index (χ0n) is 3.96. The van der Waals surface area contributed by atoms with Crippen molar-refractivity contribution >= 4 is 0 Å². The van der Waals surface area contributed by atoms with Crippen molar-refractivity contribution < 1.29 is 5.11 Å². The van der Waals surface area contributed by atoms with E-state index in [0.717, 1.165) is 12.8 Å². The maximum atomic E-state index is 8.64. The van der Waals surface area contributed by atoms with Gasteiger partial charge < -0.3 is 5.11 Å². The minimum Gasteiger partial charge on any atom is -0.378 e. The average molecular weight is 97.1 g/mol. The van der Waals surface area contributed by atoms with E-state index in [0.29, 0.717) is 5.92 Å². The molecule has 0 aliphatic heterocycles. The Morgan fingerprint density at radius 2 is 2.29 bits per heavy atom. The van der Waals surface area contributed by atoms with Gasteiger partial charge in [0.1, 0.15) is 6.10 Å². The summed E-state index contributed by atoms with van der Waals surface area (Å²) in [5.41, 5.74) is 0. The van der Waals surface area contributed by atoms with E-state index in [1.54, 1.807) is 6.07 Å². The number of aliphatic hydroxyl groups is 1. The average Bonchev–Trinajstić information content (AvgIpc) is 2.44. The standard InChI is InChI=1S/C5H7NO/c6-3-5(7)4-1-2-4/h4-5,7H,1-2H2/t5-/m1/s1. The van der Waals surface area contributed by atoms with Crippen molar-refractivity contribution in [1.29, 1.82) is 5.26 Å². The summed E-state index contributed by atoms with van der Waals surface area (Å²) < 4.78 is 0. The van der Waals surface area contributed by atoms with Gasteiger partial charge in [-0.1, -0.05) is 0 Å². The molecule has 1 aliphatic rings.